The van der Waals surface area contributed by atoms with Gasteiger partial charge < -0.3 is 4.74 Å². The first-order valence-electron chi connectivity index (χ1n) is 13.4. The van der Waals surface area contributed by atoms with Crippen molar-refractivity contribution in [1.29, 1.82) is 0 Å². The molecule has 0 N–H and O–H groups in total. The van der Waals surface area contributed by atoms with E-state index in [2.05, 4.69) is 146 Å². The van der Waals surface area contributed by atoms with Crippen LogP contribution in [-0.4, -0.2) is 0 Å². The van der Waals surface area contributed by atoms with E-state index in [0.29, 0.717) is 0 Å². The molecule has 6 aromatic carbocycles. The third kappa shape index (κ3) is 4.67. The normalized spacial score (nSPS) is 14.0. The van der Waals surface area contributed by atoms with Crippen molar-refractivity contribution in [3.8, 4) is 11.5 Å². The van der Waals surface area contributed by atoms with E-state index < -0.39 is 0 Å². The second kappa shape index (κ2) is 10.7. The summed E-state index contributed by atoms with van der Waals surface area (Å²) in [6, 6.07) is 52.5. The molecule has 0 amide bonds. The molecule has 0 aromatic heterocycles. The van der Waals surface area contributed by atoms with Crippen LogP contribution in [0.2, 0.25) is 0 Å². The molecule has 0 atom stereocenters. The molecule has 0 saturated carbocycles. The van der Waals surface area contributed by atoms with Crippen LogP contribution in [0, 0.1) is 0 Å². The Morgan fingerprint density at radius 2 is 0.634 bits per heavy atom. The van der Waals surface area contributed by atoms with Crippen molar-refractivity contribution in [2.24, 2.45) is 0 Å². The van der Waals surface area contributed by atoms with Crippen molar-refractivity contribution >= 4 is 45.3 Å². The van der Waals surface area contributed by atoms with Crippen molar-refractivity contribution in [3.63, 3.8) is 0 Å². The lowest BCUT2D eigenvalue weighted by atomic mass is 10.3. The van der Waals surface area contributed by atoms with Gasteiger partial charge in [-0.15, -0.1) is 0 Å². The van der Waals surface area contributed by atoms with E-state index in [1.165, 1.54) is 49.0 Å². The van der Waals surface area contributed by atoms with Crippen LogP contribution in [-0.2, 0) is 21.8 Å². The van der Waals surface area contributed by atoms with Gasteiger partial charge in [-0.3, -0.25) is 0 Å². The van der Waals surface area contributed by atoms with Gasteiger partial charge in [0.25, 0.3) is 0 Å². The Hall–Kier alpha value is -3.48. The van der Waals surface area contributed by atoms with Gasteiger partial charge in [0.1, 0.15) is 33.3 Å². The molecule has 8 rings (SSSR count). The highest BCUT2D eigenvalue weighted by atomic mass is 32.2. The van der Waals surface area contributed by atoms with E-state index in [1.807, 2.05) is 23.5 Å². The van der Waals surface area contributed by atoms with Gasteiger partial charge in [-0.1, -0.05) is 72.1 Å². The van der Waals surface area contributed by atoms with Crippen LogP contribution >= 0.6 is 23.5 Å². The minimum absolute atomic E-state index is 0.132. The summed E-state index contributed by atoms with van der Waals surface area (Å²) in [5.41, 5.74) is 0. The number of ether oxygens (including phenoxy) is 1. The number of hydrogen-bond acceptors (Lipinski definition) is 3. The van der Waals surface area contributed by atoms with Crippen LogP contribution in [0.5, 0.6) is 11.5 Å². The Bertz CT molecular complexity index is 1650. The first-order valence-corrected chi connectivity index (χ1v) is 17.5. The molecule has 0 unspecified atom stereocenters. The largest absolute Gasteiger partial charge is 0.457 e. The molecule has 2 aliphatic heterocycles. The molecule has 0 spiro atoms. The zero-order valence-corrected chi connectivity index (χ0v) is 25.2. The summed E-state index contributed by atoms with van der Waals surface area (Å²) in [5.74, 6) is 1.70. The van der Waals surface area contributed by atoms with Gasteiger partial charge >= 0.3 is 0 Å². The highest BCUT2D eigenvalue weighted by Gasteiger charge is 2.39. The average Bonchev–Trinajstić information content (AvgIpc) is 3.03. The molecule has 0 bridgehead atoms. The van der Waals surface area contributed by atoms with Gasteiger partial charge in [0.2, 0.25) is 0 Å². The van der Waals surface area contributed by atoms with Gasteiger partial charge in [-0.2, -0.15) is 0 Å². The standard InChI is InChI=1S/C36H24OS4/c1-5-13-33-29(9-1)38-30-10-2-6-14-34(30)40(33)27-21-17-25(18-22-27)37-26-19-23-28(24-20-26)41-35-15-7-3-11-31(35)39-32-12-4-8-16-36(32)41/h1-24H/q+2. The number of fused-ring (bicyclic) bond motifs is 4. The summed E-state index contributed by atoms with van der Waals surface area (Å²) in [6.45, 7) is 0. The maximum absolute atomic E-state index is 6.34. The van der Waals surface area contributed by atoms with Gasteiger partial charge in [0.15, 0.2) is 29.4 Å². The number of benzene rings is 6. The molecule has 2 aliphatic rings. The summed E-state index contributed by atoms with van der Waals surface area (Å²) >= 11 is 3.74. The SMILES string of the molecule is c1ccc2c(c1)Sc1ccccc1[S+]2c1ccc(Oc2ccc([S+]3c4ccccc4Sc4ccccc43)cc2)cc1. The fourth-order valence-corrected chi connectivity index (χ4v) is 12.7. The lowest BCUT2D eigenvalue weighted by molar-refractivity contribution is 0.482. The van der Waals surface area contributed by atoms with E-state index in [1.54, 1.807) is 0 Å². The van der Waals surface area contributed by atoms with Gasteiger partial charge in [-0.25, -0.2) is 0 Å². The van der Waals surface area contributed by atoms with E-state index in [0.717, 1.165) is 11.5 Å². The van der Waals surface area contributed by atoms with Crippen LogP contribution in [0.25, 0.3) is 0 Å². The maximum atomic E-state index is 6.34. The smallest absolute Gasteiger partial charge is 0.180 e. The minimum atomic E-state index is -0.132. The lowest BCUT2D eigenvalue weighted by Crippen LogP contribution is -2.11. The fourth-order valence-electron chi connectivity index (χ4n) is 5.22. The molecule has 196 valence electrons. The van der Waals surface area contributed by atoms with Crippen LogP contribution in [0.15, 0.2) is 195 Å². The average molecular weight is 601 g/mol. The van der Waals surface area contributed by atoms with Crippen LogP contribution in [0.4, 0.5) is 0 Å². The maximum Gasteiger partial charge on any atom is 0.180 e. The summed E-state index contributed by atoms with van der Waals surface area (Å²) < 4.78 is 6.34. The predicted octanol–water partition coefficient (Wildman–Crippen LogP) is 10.6. The zero-order valence-electron chi connectivity index (χ0n) is 21.9. The first kappa shape index (κ1) is 25.2. The molecule has 2 heterocycles. The second-order valence-electron chi connectivity index (χ2n) is 9.65. The van der Waals surface area contributed by atoms with Crippen LogP contribution in [0.1, 0.15) is 0 Å². The first-order chi connectivity index (χ1) is 20.3. The van der Waals surface area contributed by atoms with Crippen LogP contribution < -0.4 is 4.74 Å². The van der Waals surface area contributed by atoms with Gasteiger partial charge in [-0.05, 0) is 97.1 Å². The monoisotopic (exact) mass is 600 g/mol. The molecule has 1 nitrogen and oxygen atoms in total. The molecular weight excluding hydrogens is 577 g/mol. The molecule has 0 radical (unpaired) electrons. The van der Waals surface area contributed by atoms with E-state index in [-0.39, 0.29) is 21.8 Å². The summed E-state index contributed by atoms with van der Waals surface area (Å²) in [4.78, 5) is 13.6. The summed E-state index contributed by atoms with van der Waals surface area (Å²) in [6.07, 6.45) is 0. The van der Waals surface area contributed by atoms with Crippen molar-refractivity contribution in [2.45, 2.75) is 49.0 Å². The summed E-state index contributed by atoms with van der Waals surface area (Å²) in [7, 11) is -0.265. The Morgan fingerprint density at radius 3 is 0.951 bits per heavy atom. The quantitative estimate of drug-likeness (QED) is 0.186. The van der Waals surface area contributed by atoms with Crippen molar-refractivity contribution in [3.05, 3.63) is 146 Å². The highest BCUT2D eigenvalue weighted by molar-refractivity contribution is 8.04. The second-order valence-corrected chi connectivity index (χ2v) is 15.7. The Balaban J connectivity index is 1.07. The Kier molecular flexibility index (Phi) is 6.61. The van der Waals surface area contributed by atoms with E-state index in [9.17, 15) is 0 Å². The van der Waals surface area contributed by atoms with Crippen LogP contribution in [0.3, 0.4) is 0 Å². The van der Waals surface area contributed by atoms with Gasteiger partial charge in [0, 0.05) is 0 Å². The third-order valence-electron chi connectivity index (χ3n) is 7.07. The Morgan fingerprint density at radius 1 is 0.341 bits per heavy atom. The van der Waals surface area contributed by atoms with Crippen molar-refractivity contribution in [2.75, 3.05) is 0 Å². The molecule has 6 aromatic rings. The molecular formula is C36H24OS4+2. The topological polar surface area (TPSA) is 9.23 Å². The van der Waals surface area contributed by atoms with Gasteiger partial charge in [0.05, 0.1) is 19.6 Å². The third-order valence-corrected chi connectivity index (χ3v) is 14.6. The van der Waals surface area contributed by atoms with Crippen molar-refractivity contribution in [1.82, 2.24) is 0 Å². The Labute approximate surface area is 254 Å². The molecule has 41 heavy (non-hydrogen) atoms. The number of rotatable bonds is 4. The molecule has 0 saturated heterocycles. The van der Waals surface area contributed by atoms with E-state index in [4.69, 9.17) is 4.74 Å². The fraction of sp³-hybridized carbons (Fsp3) is 0. The lowest BCUT2D eigenvalue weighted by Gasteiger charge is -2.19. The molecule has 0 fully saturated rings. The summed E-state index contributed by atoms with van der Waals surface area (Å²) in [5, 5.41) is 0. The highest BCUT2D eigenvalue weighted by Crippen LogP contribution is 2.49. The molecule has 5 heteroatoms. The zero-order chi connectivity index (χ0) is 27.2. The number of hydrogen-bond donors (Lipinski definition) is 0. The predicted molar refractivity (Wildman–Crippen MR) is 171 cm³/mol. The van der Waals surface area contributed by atoms with Crippen molar-refractivity contribution < 1.29 is 4.74 Å². The molecule has 0 aliphatic carbocycles. The minimum Gasteiger partial charge on any atom is -0.457 e. The van der Waals surface area contributed by atoms with E-state index >= 15 is 0 Å².